The molecule has 0 aliphatic carbocycles. The molecule has 0 aromatic heterocycles. The second-order valence-electron chi connectivity index (χ2n) is 8.37. The van der Waals surface area contributed by atoms with Crippen LogP contribution in [0.2, 0.25) is 5.02 Å². The fourth-order valence-corrected chi connectivity index (χ4v) is 4.94. The van der Waals surface area contributed by atoms with Crippen LogP contribution in [0, 0.1) is 5.82 Å². The Kier molecular flexibility index (Phi) is 5.38. The van der Waals surface area contributed by atoms with E-state index in [0.29, 0.717) is 10.7 Å². The molecule has 0 bridgehead atoms. The van der Waals surface area contributed by atoms with Gasteiger partial charge in [-0.15, -0.1) is 5.53 Å². The third-order valence-electron chi connectivity index (χ3n) is 6.35. The normalized spacial score (nSPS) is 20.9. The van der Waals surface area contributed by atoms with E-state index >= 15 is 0 Å². The average Bonchev–Trinajstić information content (AvgIpc) is 2.95. The number of halogens is 2. The summed E-state index contributed by atoms with van der Waals surface area (Å²) in [6, 6.07) is 11.4. The van der Waals surface area contributed by atoms with Crippen molar-refractivity contribution < 1.29 is 4.39 Å². The van der Waals surface area contributed by atoms with Crippen molar-refractivity contribution in [2.75, 3.05) is 32.0 Å². The quantitative estimate of drug-likeness (QED) is 0.643. The smallest absolute Gasteiger partial charge is 0.126 e. The number of fused-ring (bicyclic) bond motifs is 3. The van der Waals surface area contributed by atoms with E-state index in [-0.39, 0.29) is 11.9 Å². The Labute approximate surface area is 187 Å². The maximum atomic E-state index is 14.0. The van der Waals surface area contributed by atoms with Gasteiger partial charge in [-0.1, -0.05) is 29.8 Å². The van der Waals surface area contributed by atoms with Crippen molar-refractivity contribution in [3.8, 4) is 0 Å². The molecule has 0 radical (unpaired) electrons. The van der Waals surface area contributed by atoms with Crippen LogP contribution in [0.15, 0.2) is 48.2 Å². The first-order chi connectivity index (χ1) is 15.0. The average molecular weight is 440 g/mol. The lowest BCUT2D eigenvalue weighted by atomic mass is 9.91. The number of hydrogen-bond acceptors (Lipinski definition) is 5. The van der Waals surface area contributed by atoms with Crippen molar-refractivity contribution in [2.45, 2.75) is 25.8 Å². The molecular formula is C24H27ClFN5. The Balaban J connectivity index is 1.60. The predicted molar refractivity (Wildman–Crippen MR) is 124 cm³/mol. The van der Waals surface area contributed by atoms with E-state index in [9.17, 15) is 4.39 Å². The zero-order chi connectivity index (χ0) is 21.5. The Morgan fingerprint density at radius 2 is 2.06 bits per heavy atom. The van der Waals surface area contributed by atoms with Crippen molar-refractivity contribution in [1.29, 1.82) is 0 Å². The van der Waals surface area contributed by atoms with Gasteiger partial charge in [0.1, 0.15) is 5.82 Å². The lowest BCUT2D eigenvalue weighted by molar-refractivity contribution is 0.160. The van der Waals surface area contributed by atoms with Crippen molar-refractivity contribution >= 4 is 28.6 Å². The Morgan fingerprint density at radius 3 is 2.84 bits per heavy atom. The summed E-state index contributed by atoms with van der Waals surface area (Å²) < 4.78 is 14.0. The number of allylic oxidation sites excluding steroid dienone is 1. The van der Waals surface area contributed by atoms with Crippen molar-refractivity contribution in [3.05, 3.63) is 75.7 Å². The molecule has 5 rings (SSSR count). The van der Waals surface area contributed by atoms with Crippen molar-refractivity contribution in [1.82, 2.24) is 20.9 Å². The summed E-state index contributed by atoms with van der Waals surface area (Å²) >= 11 is 6.12. The molecule has 2 aromatic carbocycles. The molecule has 0 saturated heterocycles. The SMILES string of the molecule is CC1=C2c3ccc(C4=CCNCC4)cc3C(Nc3cc(F)cc(Cl)c3)CCN2NN1C. The Morgan fingerprint density at radius 1 is 1.19 bits per heavy atom. The highest BCUT2D eigenvalue weighted by atomic mass is 35.5. The summed E-state index contributed by atoms with van der Waals surface area (Å²) in [5.74, 6) is -0.333. The van der Waals surface area contributed by atoms with Crippen molar-refractivity contribution in [2.24, 2.45) is 0 Å². The zero-order valence-corrected chi connectivity index (χ0v) is 18.6. The second kappa shape index (κ2) is 8.19. The first-order valence-corrected chi connectivity index (χ1v) is 11.1. The molecular weight excluding hydrogens is 413 g/mol. The first-order valence-electron chi connectivity index (χ1n) is 10.7. The molecule has 1 unspecified atom stereocenters. The third kappa shape index (κ3) is 3.91. The van der Waals surface area contributed by atoms with Crippen LogP contribution in [0.3, 0.4) is 0 Å². The minimum Gasteiger partial charge on any atom is -0.378 e. The highest BCUT2D eigenvalue weighted by Gasteiger charge is 2.32. The predicted octanol–water partition coefficient (Wildman–Crippen LogP) is 4.77. The Hall–Kier alpha value is -2.54. The van der Waals surface area contributed by atoms with Crippen LogP contribution in [0.1, 0.15) is 42.5 Å². The lowest BCUT2D eigenvalue weighted by Crippen LogP contribution is -2.39. The van der Waals surface area contributed by atoms with Gasteiger partial charge in [-0.2, -0.15) is 0 Å². The van der Waals surface area contributed by atoms with Gasteiger partial charge >= 0.3 is 0 Å². The molecule has 3 heterocycles. The van der Waals surface area contributed by atoms with Crippen LogP contribution < -0.4 is 16.2 Å². The summed E-state index contributed by atoms with van der Waals surface area (Å²) in [6.07, 6.45) is 4.16. The molecule has 0 fully saturated rings. The van der Waals surface area contributed by atoms with E-state index in [1.807, 2.05) is 7.05 Å². The number of nitrogens with zero attached hydrogens (tertiary/aromatic N) is 2. The summed E-state index contributed by atoms with van der Waals surface area (Å²) in [5.41, 5.74) is 11.6. The Bertz CT molecular complexity index is 1060. The fourth-order valence-electron chi connectivity index (χ4n) is 4.72. The van der Waals surface area contributed by atoms with Gasteiger partial charge < -0.3 is 10.6 Å². The number of nitrogens with one attached hydrogen (secondary N) is 3. The fraction of sp³-hybridized carbons (Fsp3) is 0.333. The van der Waals surface area contributed by atoms with Crippen LogP contribution in [-0.2, 0) is 0 Å². The van der Waals surface area contributed by atoms with Gasteiger partial charge in [-0.3, -0.25) is 10.0 Å². The summed E-state index contributed by atoms with van der Waals surface area (Å²) in [7, 11) is 2.04. The molecule has 3 aliphatic rings. The number of hydrazine groups is 2. The van der Waals surface area contributed by atoms with Gasteiger partial charge in [0, 0.05) is 36.4 Å². The summed E-state index contributed by atoms with van der Waals surface area (Å²) in [5, 5.41) is 11.6. The van der Waals surface area contributed by atoms with Crippen LogP contribution >= 0.6 is 11.6 Å². The van der Waals surface area contributed by atoms with E-state index in [4.69, 9.17) is 11.6 Å². The number of benzene rings is 2. The van der Waals surface area contributed by atoms with Gasteiger partial charge in [-0.05, 0) is 67.3 Å². The molecule has 3 aliphatic heterocycles. The van der Waals surface area contributed by atoms with E-state index in [0.717, 1.165) is 32.5 Å². The summed E-state index contributed by atoms with van der Waals surface area (Å²) in [6.45, 7) is 4.87. The maximum Gasteiger partial charge on any atom is 0.126 e. The van der Waals surface area contributed by atoms with E-state index in [2.05, 4.69) is 57.4 Å². The number of hydrogen-bond donors (Lipinski definition) is 3. The minimum absolute atomic E-state index is 0.0353. The maximum absolute atomic E-state index is 14.0. The van der Waals surface area contributed by atoms with Crippen LogP contribution in [0.25, 0.3) is 11.3 Å². The lowest BCUT2D eigenvalue weighted by Gasteiger charge is -2.23. The van der Waals surface area contributed by atoms with E-state index < -0.39 is 0 Å². The van der Waals surface area contributed by atoms with Gasteiger partial charge in [0.2, 0.25) is 0 Å². The van der Waals surface area contributed by atoms with Crippen LogP contribution in [0.5, 0.6) is 0 Å². The van der Waals surface area contributed by atoms with E-state index in [1.54, 1.807) is 6.07 Å². The highest BCUT2D eigenvalue weighted by Crippen LogP contribution is 2.40. The minimum atomic E-state index is -0.333. The van der Waals surface area contributed by atoms with Gasteiger partial charge in [-0.25, -0.2) is 4.39 Å². The monoisotopic (exact) mass is 439 g/mol. The third-order valence-corrected chi connectivity index (χ3v) is 6.57. The second-order valence-corrected chi connectivity index (χ2v) is 8.81. The molecule has 0 amide bonds. The van der Waals surface area contributed by atoms with Crippen LogP contribution in [-0.4, -0.2) is 36.7 Å². The standard InChI is InChI=1S/C24H27ClFN5/c1-15-24-21-4-3-17(16-5-8-27-9-6-16)11-22(21)23(7-10-31(24)29-30(15)2)28-20-13-18(25)12-19(26)14-20/h3-5,11-14,23,27-29H,6-10H2,1-2H3. The number of anilines is 1. The topological polar surface area (TPSA) is 42.6 Å². The molecule has 0 spiro atoms. The van der Waals surface area contributed by atoms with Crippen molar-refractivity contribution in [3.63, 3.8) is 0 Å². The van der Waals surface area contributed by atoms with Gasteiger partial charge in [0.25, 0.3) is 0 Å². The molecule has 3 N–H and O–H groups in total. The van der Waals surface area contributed by atoms with Crippen LogP contribution in [0.4, 0.5) is 10.1 Å². The molecule has 0 saturated carbocycles. The first kappa shape index (κ1) is 20.4. The zero-order valence-electron chi connectivity index (χ0n) is 17.8. The van der Waals surface area contributed by atoms with E-state index in [1.165, 1.54) is 45.8 Å². The molecule has 5 nitrogen and oxygen atoms in total. The van der Waals surface area contributed by atoms with Gasteiger partial charge in [0.15, 0.2) is 0 Å². The molecule has 162 valence electrons. The molecule has 7 heteroatoms. The number of rotatable bonds is 3. The molecule has 1 atom stereocenters. The highest BCUT2D eigenvalue weighted by molar-refractivity contribution is 6.30. The molecule has 31 heavy (non-hydrogen) atoms. The largest absolute Gasteiger partial charge is 0.378 e. The summed E-state index contributed by atoms with van der Waals surface area (Å²) in [4.78, 5) is 0. The molecule has 2 aromatic rings. The van der Waals surface area contributed by atoms with Gasteiger partial charge in [0.05, 0.1) is 17.4 Å².